The molecule has 0 aliphatic rings. The molecule has 4 aromatic carbocycles. The van der Waals surface area contributed by atoms with Crippen molar-refractivity contribution in [2.75, 3.05) is 0 Å². The van der Waals surface area contributed by atoms with Crippen LogP contribution in [-0.4, -0.2) is 4.98 Å². The predicted molar refractivity (Wildman–Crippen MR) is 135 cm³/mol. The molecule has 0 unspecified atom stereocenters. The Morgan fingerprint density at radius 2 is 1.12 bits per heavy atom. The molecule has 0 fully saturated rings. The summed E-state index contributed by atoms with van der Waals surface area (Å²) in [7, 11) is 0. The number of hydrogen-bond donors (Lipinski definition) is 0. The first-order chi connectivity index (χ1) is 17.7. The molecule has 5 rings (SSSR count). The van der Waals surface area contributed by atoms with Crippen LogP contribution in [0.3, 0.4) is 0 Å². The monoisotopic (exact) mass is 416 g/mol. The fraction of sp³-hybridized carbons (Fsp3) is 0.0645. The van der Waals surface area contributed by atoms with Crippen molar-refractivity contribution >= 4 is 0 Å². The highest BCUT2D eigenvalue weighted by Gasteiger charge is 2.07. The molecule has 0 radical (unpaired) electrons. The quantitative estimate of drug-likeness (QED) is 0.283. The number of rotatable bonds is 5. The first-order valence-electron chi connectivity index (χ1n) is 13.1. The van der Waals surface area contributed by atoms with Gasteiger partial charge < -0.3 is 0 Å². The average molecular weight is 417 g/mol. The molecule has 0 amide bonds. The van der Waals surface area contributed by atoms with E-state index in [0.717, 1.165) is 27.8 Å². The lowest BCUT2D eigenvalue weighted by Gasteiger charge is -2.10. The average Bonchev–Trinajstić information content (AvgIpc) is 2.93. The van der Waals surface area contributed by atoms with Crippen LogP contribution in [0, 0.1) is 6.85 Å². The predicted octanol–water partition coefficient (Wildman–Crippen LogP) is 7.98. The second-order valence-electron chi connectivity index (χ2n) is 7.63. The van der Waals surface area contributed by atoms with Gasteiger partial charge in [0.25, 0.3) is 0 Å². The van der Waals surface area contributed by atoms with E-state index in [2.05, 4.69) is 4.98 Å². The Balaban J connectivity index is 1.54. The highest BCUT2D eigenvalue weighted by Crippen LogP contribution is 2.26. The van der Waals surface area contributed by atoms with Crippen molar-refractivity contribution in [2.24, 2.45) is 0 Å². The molecule has 0 aliphatic carbocycles. The third-order valence-corrected chi connectivity index (χ3v) is 5.46. The first-order valence-corrected chi connectivity index (χ1v) is 10.6. The van der Waals surface area contributed by atoms with E-state index in [1.54, 1.807) is 18.2 Å². The summed E-state index contributed by atoms with van der Waals surface area (Å²) in [5, 5.41) is 0. The molecule has 154 valence electrons. The minimum absolute atomic E-state index is 0.0886. The molecule has 1 heteroatoms. The Morgan fingerprint density at radius 3 is 1.69 bits per heavy atom. The van der Waals surface area contributed by atoms with Crippen molar-refractivity contribution < 1.29 is 6.85 Å². The van der Waals surface area contributed by atoms with Gasteiger partial charge in [-0.2, -0.15) is 0 Å². The van der Waals surface area contributed by atoms with Crippen molar-refractivity contribution in [2.45, 2.75) is 13.2 Å². The summed E-state index contributed by atoms with van der Waals surface area (Å²) in [5.41, 5.74) is 5.84. The Labute approximate surface area is 197 Å². The van der Waals surface area contributed by atoms with Crippen molar-refractivity contribution in [3.05, 3.63) is 138 Å². The van der Waals surface area contributed by atoms with E-state index in [0.29, 0.717) is 11.3 Å². The molecule has 1 heterocycles. The van der Waals surface area contributed by atoms with Crippen LogP contribution < -0.4 is 0 Å². The molecule has 5 aromatic rings. The smallest absolute Gasteiger partial charge is 0.0705 e. The molecule has 0 bridgehead atoms. The summed E-state index contributed by atoms with van der Waals surface area (Å²) < 4.78 is 42.1. The van der Waals surface area contributed by atoms with Gasteiger partial charge in [0.05, 0.1) is 5.69 Å². The third-order valence-electron chi connectivity index (χ3n) is 5.46. The first kappa shape index (κ1) is 14.9. The van der Waals surface area contributed by atoms with Crippen LogP contribution >= 0.6 is 0 Å². The standard InChI is InChI=1S/C31H25N/c1-23-22-32-31(29-18-16-28(17-19-29)26-10-6-3-7-11-26)21-30(23)20-24-12-14-27(15-13-24)25-8-4-2-5-9-25/h2-19,21-22H,20H2,1H3/i1D3,20D2. The molecule has 32 heavy (non-hydrogen) atoms. The summed E-state index contributed by atoms with van der Waals surface area (Å²) in [6.07, 6.45) is -0.750. The second-order valence-corrected chi connectivity index (χ2v) is 7.63. The highest BCUT2D eigenvalue weighted by molar-refractivity contribution is 5.69. The van der Waals surface area contributed by atoms with Crippen LogP contribution in [-0.2, 0) is 6.37 Å². The number of aromatic nitrogens is 1. The number of pyridine rings is 1. The van der Waals surface area contributed by atoms with Gasteiger partial charge in [0.2, 0.25) is 0 Å². The van der Waals surface area contributed by atoms with Crippen molar-refractivity contribution in [1.29, 1.82) is 0 Å². The van der Waals surface area contributed by atoms with Crippen molar-refractivity contribution in [3.8, 4) is 33.5 Å². The maximum atomic E-state index is 9.00. The number of nitrogens with zero attached hydrogens (tertiary/aromatic N) is 1. The van der Waals surface area contributed by atoms with E-state index in [9.17, 15) is 0 Å². The van der Waals surface area contributed by atoms with E-state index >= 15 is 0 Å². The molecular weight excluding hydrogens is 386 g/mol. The topological polar surface area (TPSA) is 12.9 Å². The lowest BCUT2D eigenvalue weighted by atomic mass is 9.97. The Bertz CT molecular complexity index is 1490. The Morgan fingerprint density at radius 1 is 0.625 bits per heavy atom. The van der Waals surface area contributed by atoms with Gasteiger partial charge in [-0.25, -0.2) is 0 Å². The van der Waals surface area contributed by atoms with E-state index in [1.165, 1.54) is 6.20 Å². The molecule has 1 nitrogen and oxygen atoms in total. The van der Waals surface area contributed by atoms with Gasteiger partial charge in [0.15, 0.2) is 0 Å². The van der Waals surface area contributed by atoms with E-state index in [1.807, 2.05) is 97.1 Å². The Hall–Kier alpha value is -3.97. The summed E-state index contributed by atoms with van der Waals surface area (Å²) in [4.78, 5) is 4.41. The van der Waals surface area contributed by atoms with Gasteiger partial charge in [0, 0.05) is 18.6 Å². The number of hydrogen-bond acceptors (Lipinski definition) is 1. The van der Waals surface area contributed by atoms with Crippen LogP contribution in [0.25, 0.3) is 33.5 Å². The van der Waals surface area contributed by atoms with Crippen LogP contribution in [0.2, 0.25) is 0 Å². The van der Waals surface area contributed by atoms with Crippen LogP contribution in [0.15, 0.2) is 121 Å². The van der Waals surface area contributed by atoms with Gasteiger partial charge in [-0.1, -0.05) is 109 Å². The Kier molecular flexibility index (Phi) is 4.22. The second kappa shape index (κ2) is 9.03. The van der Waals surface area contributed by atoms with Gasteiger partial charge in [0.1, 0.15) is 0 Å². The van der Waals surface area contributed by atoms with Crippen molar-refractivity contribution in [1.82, 2.24) is 4.98 Å². The third kappa shape index (κ3) is 4.38. The zero-order valence-electron chi connectivity index (χ0n) is 22.5. The summed E-state index contributed by atoms with van der Waals surface area (Å²) in [6.45, 7) is -2.50. The molecule has 1 aromatic heterocycles. The fourth-order valence-electron chi connectivity index (χ4n) is 3.71. The van der Waals surface area contributed by atoms with E-state index in [4.69, 9.17) is 6.85 Å². The summed E-state index contributed by atoms with van der Waals surface area (Å²) >= 11 is 0. The maximum absolute atomic E-state index is 9.00. The van der Waals surface area contributed by atoms with Crippen LogP contribution in [0.4, 0.5) is 0 Å². The van der Waals surface area contributed by atoms with Crippen LogP contribution in [0.5, 0.6) is 0 Å². The minimum atomic E-state index is -2.50. The zero-order valence-corrected chi connectivity index (χ0v) is 17.5. The number of benzene rings is 4. The molecule has 0 spiro atoms. The summed E-state index contributed by atoms with van der Waals surface area (Å²) in [5.74, 6) is 0. The molecule has 0 aliphatic heterocycles. The van der Waals surface area contributed by atoms with Crippen molar-refractivity contribution in [3.63, 3.8) is 0 Å². The normalized spacial score (nSPS) is 13.9. The maximum Gasteiger partial charge on any atom is 0.0705 e. The zero-order chi connectivity index (χ0) is 26.0. The SMILES string of the molecule is [2H]C([2H])([2H])c1cnc(-c2ccc(-c3ccccc3)cc2)cc1C([2H])([2H])c1ccc(-c2ccccc2)cc1. The minimum Gasteiger partial charge on any atom is -0.256 e. The highest BCUT2D eigenvalue weighted by atomic mass is 14.7. The molecule has 0 saturated heterocycles. The van der Waals surface area contributed by atoms with Crippen LogP contribution in [0.1, 0.15) is 23.5 Å². The summed E-state index contributed by atoms with van der Waals surface area (Å²) in [6, 6.07) is 36.4. The van der Waals surface area contributed by atoms with E-state index in [-0.39, 0.29) is 11.1 Å². The molecule has 0 saturated carbocycles. The molecular formula is C31H25N. The van der Waals surface area contributed by atoms with Gasteiger partial charge in [-0.15, -0.1) is 0 Å². The lowest BCUT2D eigenvalue weighted by molar-refractivity contribution is 1.12. The van der Waals surface area contributed by atoms with E-state index < -0.39 is 13.2 Å². The molecule has 0 atom stereocenters. The lowest BCUT2D eigenvalue weighted by Crippen LogP contribution is -1.95. The van der Waals surface area contributed by atoms with Gasteiger partial charge in [-0.3, -0.25) is 4.98 Å². The largest absolute Gasteiger partial charge is 0.256 e. The molecule has 0 N–H and O–H groups in total. The fourth-order valence-corrected chi connectivity index (χ4v) is 3.71. The number of aryl methyl sites for hydroxylation is 1. The van der Waals surface area contributed by atoms with Gasteiger partial charge in [-0.05, 0) is 58.2 Å². The van der Waals surface area contributed by atoms with Gasteiger partial charge >= 0.3 is 0 Å².